The molecule has 11 heteroatoms. The molecule has 6 nitrogen and oxygen atoms in total. The molecule has 68 valence electrons. The van der Waals surface area contributed by atoms with Crippen LogP contribution in [0.3, 0.4) is 0 Å². The summed E-state index contributed by atoms with van der Waals surface area (Å²) in [6, 6.07) is 0. The molecule has 0 atom stereocenters. The largest absolute Gasteiger partial charge is 1.00 e. The van der Waals surface area contributed by atoms with Crippen molar-refractivity contribution < 1.29 is 85.1 Å². The first-order valence-corrected chi connectivity index (χ1v) is 6.73. The second kappa shape index (κ2) is 8.34. The smallest absolute Gasteiger partial charge is 0.748 e. The van der Waals surface area contributed by atoms with Gasteiger partial charge in [0.05, 0.1) is 10.1 Å². The van der Waals surface area contributed by atoms with Gasteiger partial charge in [-0.15, -0.1) is 0 Å². The van der Waals surface area contributed by atoms with Crippen molar-refractivity contribution in [3.05, 3.63) is 0 Å². The Hall–Kier alpha value is 2.17. The maximum absolute atomic E-state index is 9.85. The van der Waals surface area contributed by atoms with Crippen LogP contribution < -0.4 is 59.1 Å². The van der Waals surface area contributed by atoms with Gasteiger partial charge in [0.15, 0.2) is 0 Å². The van der Waals surface area contributed by atoms with E-state index in [1.54, 1.807) is 0 Å². The van der Waals surface area contributed by atoms with Gasteiger partial charge < -0.3 is 9.11 Å². The predicted molar refractivity (Wildman–Crippen MR) is 36.7 cm³/mol. The molecular weight excluding hydrogens is 262 g/mol. The summed E-state index contributed by atoms with van der Waals surface area (Å²) in [5.41, 5.74) is 0. The van der Waals surface area contributed by atoms with Gasteiger partial charge in [0.1, 0.15) is 9.15 Å². The Bertz CT molecular complexity index is 273. The summed E-state index contributed by atoms with van der Waals surface area (Å²) < 4.78 is 59.0. The molecule has 0 unspecified atom stereocenters. The third kappa shape index (κ3) is 20.3. The standard InChI is InChI=1S/C2H6O6S3.2Na/c3-10(4,5)2-1-9-11(6,7)8;;/h1-2H2,(H,3,4,5)(H,6,7,8);;/q;2*+1/p-2. The van der Waals surface area contributed by atoms with E-state index in [9.17, 15) is 25.9 Å². The molecule has 0 rings (SSSR count). The predicted octanol–water partition coefficient (Wildman–Crippen LogP) is -7.27. The van der Waals surface area contributed by atoms with Gasteiger partial charge in [0.2, 0.25) is 0 Å². The van der Waals surface area contributed by atoms with E-state index in [4.69, 9.17) is 0 Å². The van der Waals surface area contributed by atoms with Crippen molar-refractivity contribution in [2.45, 2.75) is 0 Å². The van der Waals surface area contributed by atoms with Crippen molar-refractivity contribution in [1.29, 1.82) is 0 Å². The van der Waals surface area contributed by atoms with Gasteiger partial charge in [-0.3, -0.25) is 0 Å². The fourth-order valence-electron chi connectivity index (χ4n) is 0.238. The Morgan fingerprint density at radius 3 is 1.62 bits per heavy atom. The van der Waals surface area contributed by atoms with E-state index in [2.05, 4.69) is 0 Å². The molecule has 0 aliphatic rings. The summed E-state index contributed by atoms with van der Waals surface area (Å²) in [6.07, 6.45) is 0. The molecular formula is C2H4Na2O6S3. The molecule has 0 saturated carbocycles. The average molecular weight is 266 g/mol. The summed E-state index contributed by atoms with van der Waals surface area (Å²) in [4.78, 5) is 0. The minimum absolute atomic E-state index is 0. The van der Waals surface area contributed by atoms with Gasteiger partial charge in [-0.25, -0.2) is 16.8 Å². The van der Waals surface area contributed by atoms with Crippen molar-refractivity contribution in [3.8, 4) is 0 Å². The molecule has 0 aromatic heterocycles. The Morgan fingerprint density at radius 2 is 1.38 bits per heavy atom. The van der Waals surface area contributed by atoms with Crippen LogP contribution >= 0.6 is 10.8 Å². The molecule has 0 fully saturated rings. The van der Waals surface area contributed by atoms with E-state index < -0.39 is 30.8 Å². The first kappa shape index (κ1) is 20.6. The quantitative estimate of drug-likeness (QED) is 0.282. The van der Waals surface area contributed by atoms with E-state index in [0.29, 0.717) is 0 Å². The summed E-state index contributed by atoms with van der Waals surface area (Å²) in [5.74, 6) is -1.36. The van der Waals surface area contributed by atoms with Crippen molar-refractivity contribution in [2.24, 2.45) is 0 Å². The van der Waals surface area contributed by atoms with Crippen LogP contribution in [0.2, 0.25) is 0 Å². The third-order valence-electron chi connectivity index (χ3n) is 0.561. The zero-order valence-corrected chi connectivity index (χ0v) is 13.5. The van der Waals surface area contributed by atoms with E-state index in [-0.39, 0.29) is 69.9 Å². The Balaban J connectivity index is -0.000000500. The normalized spacial score (nSPS) is 11.2. The second-order valence-corrected chi connectivity index (χ2v) is 6.41. The molecule has 0 saturated heterocycles. The Labute approximate surface area is 125 Å². The molecule has 0 aliphatic carbocycles. The van der Waals surface area contributed by atoms with Crippen LogP contribution in [0.15, 0.2) is 0 Å². The average Bonchev–Trinajstić information content (AvgIpc) is 1.55. The summed E-state index contributed by atoms with van der Waals surface area (Å²) in [6.45, 7) is 0. The molecule has 0 aliphatic heterocycles. The minimum atomic E-state index is -4.48. The van der Waals surface area contributed by atoms with Crippen molar-refractivity contribution in [2.75, 3.05) is 11.5 Å². The molecule has 0 amide bonds. The molecule has 0 N–H and O–H groups in total. The van der Waals surface area contributed by atoms with E-state index >= 15 is 0 Å². The first-order chi connectivity index (χ1) is 4.71. The molecule has 13 heavy (non-hydrogen) atoms. The fraction of sp³-hybridized carbons (Fsp3) is 1.00. The zero-order valence-electron chi connectivity index (χ0n) is 7.09. The van der Waals surface area contributed by atoms with Crippen LogP contribution in [0.1, 0.15) is 0 Å². The summed E-state index contributed by atoms with van der Waals surface area (Å²) >= 11 is 0. The van der Waals surface area contributed by atoms with Crippen LogP contribution in [0.4, 0.5) is 0 Å². The monoisotopic (exact) mass is 266 g/mol. The maximum atomic E-state index is 9.85. The summed E-state index contributed by atoms with van der Waals surface area (Å²) in [7, 11) is -9.01. The third-order valence-corrected chi connectivity index (χ3v) is 3.55. The molecule has 0 heterocycles. The van der Waals surface area contributed by atoms with Crippen LogP contribution in [0.25, 0.3) is 0 Å². The van der Waals surface area contributed by atoms with Crippen LogP contribution in [-0.4, -0.2) is 37.4 Å². The van der Waals surface area contributed by atoms with Gasteiger partial charge in [0, 0.05) is 11.5 Å². The zero-order chi connectivity index (χ0) is 9.12. The molecule has 0 aromatic rings. The molecule has 0 bridgehead atoms. The Kier molecular flexibility index (Phi) is 13.2. The van der Waals surface area contributed by atoms with Gasteiger partial charge in [0.25, 0.3) is 0 Å². The first-order valence-electron chi connectivity index (χ1n) is 2.24. The second-order valence-electron chi connectivity index (χ2n) is 1.49. The summed E-state index contributed by atoms with van der Waals surface area (Å²) in [5, 5.41) is 0. The molecule has 0 radical (unpaired) electrons. The Morgan fingerprint density at radius 1 is 1.00 bits per heavy atom. The SMILES string of the molecule is O=S(=O)([O-])CCSS(=O)(=O)[O-].[Na+].[Na+]. The van der Waals surface area contributed by atoms with E-state index in [1.165, 1.54) is 0 Å². The van der Waals surface area contributed by atoms with Crippen molar-refractivity contribution in [1.82, 2.24) is 0 Å². The van der Waals surface area contributed by atoms with Gasteiger partial charge in [-0.1, -0.05) is 0 Å². The number of hydrogen-bond acceptors (Lipinski definition) is 7. The van der Waals surface area contributed by atoms with Crippen LogP contribution in [0.5, 0.6) is 0 Å². The van der Waals surface area contributed by atoms with Crippen molar-refractivity contribution in [3.63, 3.8) is 0 Å². The van der Waals surface area contributed by atoms with E-state index in [0.717, 1.165) is 0 Å². The van der Waals surface area contributed by atoms with Gasteiger partial charge in [-0.05, 0) is 10.8 Å². The minimum Gasteiger partial charge on any atom is -0.748 e. The fourth-order valence-corrected chi connectivity index (χ4v) is 2.76. The van der Waals surface area contributed by atoms with Crippen LogP contribution in [-0.2, 0) is 19.3 Å². The van der Waals surface area contributed by atoms with Crippen molar-refractivity contribution >= 4 is 30.1 Å². The maximum Gasteiger partial charge on any atom is 1.00 e. The van der Waals surface area contributed by atoms with Crippen LogP contribution in [0, 0.1) is 0 Å². The van der Waals surface area contributed by atoms with Gasteiger partial charge in [-0.2, -0.15) is 0 Å². The topological polar surface area (TPSA) is 114 Å². The molecule has 0 spiro atoms. The number of hydrogen-bond donors (Lipinski definition) is 0. The molecule has 0 aromatic carbocycles. The number of rotatable bonds is 4. The van der Waals surface area contributed by atoms with Gasteiger partial charge >= 0.3 is 59.1 Å². The van der Waals surface area contributed by atoms with E-state index in [1.807, 2.05) is 0 Å².